The van der Waals surface area contributed by atoms with Crippen LogP contribution in [0.2, 0.25) is 0 Å². The fourth-order valence-corrected chi connectivity index (χ4v) is 2.58. The van der Waals surface area contributed by atoms with Crippen LogP contribution in [0, 0.1) is 0 Å². The minimum absolute atomic E-state index is 0.468. The first-order valence-corrected chi connectivity index (χ1v) is 6.21. The molecule has 0 radical (unpaired) electrons. The van der Waals surface area contributed by atoms with Crippen molar-refractivity contribution in [2.45, 2.75) is 19.9 Å². The second-order valence-corrected chi connectivity index (χ2v) is 4.96. The molecule has 0 saturated heterocycles. The molecule has 84 valence electrons. The molecule has 0 aliphatic heterocycles. The lowest BCUT2D eigenvalue weighted by molar-refractivity contribution is 0.656. The molecule has 0 spiro atoms. The van der Waals surface area contributed by atoms with E-state index in [9.17, 15) is 0 Å². The van der Waals surface area contributed by atoms with Crippen molar-refractivity contribution in [3.05, 3.63) is 41.1 Å². The molecule has 16 heavy (non-hydrogen) atoms. The van der Waals surface area contributed by atoms with Gasteiger partial charge in [-0.15, -0.1) is 0 Å². The normalized spacial score (nSPS) is 12.4. The zero-order chi connectivity index (χ0) is 11.5. The molecule has 0 bridgehead atoms. The van der Waals surface area contributed by atoms with Crippen molar-refractivity contribution in [3.63, 3.8) is 0 Å². The molecule has 1 aromatic carbocycles. The highest BCUT2D eigenvalue weighted by molar-refractivity contribution is 7.04. The van der Waals surface area contributed by atoms with E-state index in [0.717, 1.165) is 4.67 Å². The second kappa shape index (κ2) is 4.66. The number of hydrogen-bond acceptors (Lipinski definition) is 2. The number of rotatable bonds is 2. The molecule has 0 atom stereocenters. The topological polar surface area (TPSA) is 17.3 Å². The van der Waals surface area contributed by atoms with Gasteiger partial charge in [0.2, 0.25) is 0 Å². The van der Waals surface area contributed by atoms with Gasteiger partial charge in [0.15, 0.2) is 0 Å². The van der Waals surface area contributed by atoms with Crippen molar-refractivity contribution >= 4 is 11.5 Å². The van der Waals surface area contributed by atoms with Gasteiger partial charge in [-0.2, -0.15) is 0 Å². The highest BCUT2D eigenvalue weighted by atomic mass is 32.1. The summed E-state index contributed by atoms with van der Waals surface area (Å²) in [5.74, 6) is 0. The van der Waals surface area contributed by atoms with Crippen LogP contribution >= 0.6 is 11.5 Å². The van der Waals surface area contributed by atoms with Crippen molar-refractivity contribution in [1.82, 2.24) is 3.96 Å². The van der Waals surface area contributed by atoms with Gasteiger partial charge in [-0.3, -0.25) is 8.95 Å². The molecule has 1 heterocycles. The van der Waals surface area contributed by atoms with E-state index in [2.05, 4.69) is 53.1 Å². The number of aromatic nitrogens is 1. The van der Waals surface area contributed by atoms with Crippen molar-refractivity contribution < 1.29 is 0 Å². The van der Waals surface area contributed by atoms with E-state index in [1.54, 1.807) is 11.5 Å². The molecule has 2 nitrogen and oxygen atoms in total. The predicted molar refractivity (Wildman–Crippen MR) is 69.6 cm³/mol. The summed E-state index contributed by atoms with van der Waals surface area (Å²) in [5.41, 5.74) is 2.50. The van der Waals surface area contributed by atoms with E-state index < -0.39 is 0 Å². The lowest BCUT2D eigenvalue weighted by Gasteiger charge is -2.10. The van der Waals surface area contributed by atoms with Crippen LogP contribution in [0.4, 0.5) is 0 Å². The molecule has 0 aliphatic carbocycles. The monoisotopic (exact) mass is 232 g/mol. The fraction of sp³-hybridized carbons (Fsp3) is 0.308. The first kappa shape index (κ1) is 11.1. The summed E-state index contributed by atoms with van der Waals surface area (Å²) in [5, 5.41) is 0. The number of hydrogen-bond donors (Lipinski definition) is 0. The standard InChI is InChI=1S/C13H16N2S/c1-10(2)15-12(9-13(14-3)16-15)11-7-5-4-6-8-11/h4-10H,1-3H3. The van der Waals surface area contributed by atoms with E-state index in [1.165, 1.54) is 11.3 Å². The zero-order valence-corrected chi connectivity index (χ0v) is 10.7. The summed E-state index contributed by atoms with van der Waals surface area (Å²) in [6.07, 6.45) is 0. The minimum atomic E-state index is 0.468. The highest BCUT2D eigenvalue weighted by Gasteiger charge is 2.08. The van der Waals surface area contributed by atoms with Crippen molar-refractivity contribution in [3.8, 4) is 11.3 Å². The second-order valence-electron chi connectivity index (χ2n) is 3.97. The molecule has 2 aromatic rings. The fourth-order valence-electron chi connectivity index (χ4n) is 1.67. The van der Waals surface area contributed by atoms with Gasteiger partial charge in [0, 0.05) is 19.2 Å². The molecule has 0 N–H and O–H groups in total. The van der Waals surface area contributed by atoms with Gasteiger partial charge >= 0.3 is 0 Å². The minimum Gasteiger partial charge on any atom is -0.293 e. The van der Waals surface area contributed by atoms with Crippen molar-refractivity contribution in [2.24, 2.45) is 4.99 Å². The van der Waals surface area contributed by atoms with Crippen LogP contribution in [0.15, 0.2) is 41.4 Å². The van der Waals surface area contributed by atoms with Crippen LogP contribution in [-0.2, 0) is 0 Å². The predicted octanol–water partition coefficient (Wildman–Crippen LogP) is 3.33. The third kappa shape index (κ3) is 2.09. The maximum atomic E-state index is 4.26. The average Bonchev–Trinajstić information content (AvgIpc) is 2.74. The van der Waals surface area contributed by atoms with Crippen LogP contribution in [-0.4, -0.2) is 11.0 Å². The third-order valence-electron chi connectivity index (χ3n) is 2.45. The Labute approximate surface area is 100 Å². The largest absolute Gasteiger partial charge is 0.293 e. The maximum Gasteiger partial charge on any atom is 0.129 e. The molecule has 0 amide bonds. The number of nitrogens with zero attached hydrogens (tertiary/aromatic N) is 2. The summed E-state index contributed by atoms with van der Waals surface area (Å²) in [7, 11) is 1.84. The Morgan fingerprint density at radius 2 is 1.88 bits per heavy atom. The molecule has 0 fully saturated rings. The summed E-state index contributed by atoms with van der Waals surface area (Å²) in [6.45, 7) is 4.39. The Bertz CT molecular complexity index is 520. The van der Waals surface area contributed by atoms with Gasteiger partial charge in [0.25, 0.3) is 0 Å². The van der Waals surface area contributed by atoms with E-state index in [-0.39, 0.29) is 0 Å². The van der Waals surface area contributed by atoms with Gasteiger partial charge in [-0.25, -0.2) is 0 Å². The molecular formula is C13H16N2S. The first-order valence-electron chi connectivity index (χ1n) is 5.43. The van der Waals surface area contributed by atoms with Gasteiger partial charge in [0.1, 0.15) is 4.67 Å². The highest BCUT2D eigenvalue weighted by Crippen LogP contribution is 2.23. The van der Waals surface area contributed by atoms with Crippen LogP contribution < -0.4 is 4.67 Å². The number of benzene rings is 1. The Kier molecular flexibility index (Phi) is 3.25. The van der Waals surface area contributed by atoms with Crippen LogP contribution in [0.3, 0.4) is 0 Å². The van der Waals surface area contributed by atoms with Gasteiger partial charge in [-0.1, -0.05) is 30.3 Å². The quantitative estimate of drug-likeness (QED) is 0.755. The van der Waals surface area contributed by atoms with Gasteiger partial charge in [0.05, 0.1) is 5.69 Å². The van der Waals surface area contributed by atoms with E-state index in [4.69, 9.17) is 0 Å². The average molecular weight is 232 g/mol. The molecule has 1 aromatic heterocycles. The zero-order valence-electron chi connectivity index (χ0n) is 9.84. The van der Waals surface area contributed by atoms with E-state index in [1.807, 2.05) is 13.1 Å². The van der Waals surface area contributed by atoms with Gasteiger partial charge in [-0.05, 0) is 30.9 Å². The third-order valence-corrected chi connectivity index (χ3v) is 3.75. The summed E-state index contributed by atoms with van der Waals surface area (Å²) in [6, 6.07) is 13.1. The molecule has 0 saturated carbocycles. The van der Waals surface area contributed by atoms with Gasteiger partial charge < -0.3 is 0 Å². The first-order chi connectivity index (χ1) is 7.72. The van der Waals surface area contributed by atoms with E-state index in [0.29, 0.717) is 6.04 Å². The molecule has 0 unspecified atom stereocenters. The van der Waals surface area contributed by atoms with Crippen LogP contribution in [0.5, 0.6) is 0 Å². The molecular weight excluding hydrogens is 216 g/mol. The Balaban J connectivity index is 2.60. The van der Waals surface area contributed by atoms with Crippen LogP contribution in [0.1, 0.15) is 19.9 Å². The Morgan fingerprint density at radius 3 is 2.44 bits per heavy atom. The van der Waals surface area contributed by atoms with Crippen LogP contribution in [0.25, 0.3) is 11.3 Å². The Morgan fingerprint density at radius 1 is 1.19 bits per heavy atom. The summed E-state index contributed by atoms with van der Waals surface area (Å²) < 4.78 is 3.38. The summed E-state index contributed by atoms with van der Waals surface area (Å²) in [4.78, 5) is 4.26. The lowest BCUT2D eigenvalue weighted by Crippen LogP contribution is -1.98. The molecule has 0 aliphatic rings. The lowest BCUT2D eigenvalue weighted by atomic mass is 10.1. The SMILES string of the molecule is CN=c1cc(-c2ccccc2)n(C(C)C)s1. The van der Waals surface area contributed by atoms with Crippen molar-refractivity contribution in [2.75, 3.05) is 7.05 Å². The molecule has 2 rings (SSSR count). The van der Waals surface area contributed by atoms with E-state index >= 15 is 0 Å². The maximum absolute atomic E-state index is 4.26. The summed E-state index contributed by atoms with van der Waals surface area (Å²) >= 11 is 1.71. The molecule has 3 heteroatoms. The van der Waals surface area contributed by atoms with Crippen molar-refractivity contribution in [1.29, 1.82) is 0 Å². The Hall–Kier alpha value is -1.35. The smallest absolute Gasteiger partial charge is 0.129 e.